The van der Waals surface area contributed by atoms with Crippen molar-refractivity contribution < 1.29 is 9.53 Å². The maximum absolute atomic E-state index is 11.5. The number of esters is 1. The smallest absolute Gasteiger partial charge is 0.342 e. The normalized spacial score (nSPS) is 10.1. The first kappa shape index (κ1) is 12.3. The van der Waals surface area contributed by atoms with Gasteiger partial charge in [0.05, 0.1) is 11.6 Å². The van der Waals surface area contributed by atoms with E-state index in [0.717, 1.165) is 12.8 Å². The summed E-state index contributed by atoms with van der Waals surface area (Å²) in [6, 6.07) is 1.50. The van der Waals surface area contributed by atoms with Crippen LogP contribution in [0.2, 0.25) is 10.2 Å². The van der Waals surface area contributed by atoms with Gasteiger partial charge < -0.3 is 4.74 Å². The van der Waals surface area contributed by atoms with Gasteiger partial charge in [-0.05, 0) is 12.5 Å². The molecule has 0 aliphatic heterocycles. The largest absolute Gasteiger partial charge is 0.462 e. The quantitative estimate of drug-likeness (QED) is 0.466. The molecule has 0 spiro atoms. The van der Waals surface area contributed by atoms with Crippen LogP contribution in [-0.2, 0) is 4.74 Å². The molecule has 0 fully saturated rings. The Morgan fingerprint density at radius 3 is 2.87 bits per heavy atom. The third-order valence-corrected chi connectivity index (χ3v) is 2.39. The number of pyridine rings is 1. The van der Waals surface area contributed by atoms with Crippen LogP contribution in [0.3, 0.4) is 0 Å². The minimum absolute atomic E-state index is 0.0731. The van der Waals surface area contributed by atoms with Crippen molar-refractivity contribution in [2.45, 2.75) is 19.8 Å². The molecule has 0 saturated heterocycles. The number of nitrogens with zero attached hydrogens (tertiary/aromatic N) is 1. The Hall–Kier alpha value is -0.800. The Morgan fingerprint density at radius 2 is 2.27 bits per heavy atom. The molecule has 0 amide bonds. The van der Waals surface area contributed by atoms with E-state index in [0.29, 0.717) is 6.61 Å². The molecule has 0 aromatic carbocycles. The van der Waals surface area contributed by atoms with Crippen LogP contribution in [-0.4, -0.2) is 17.6 Å². The molecule has 1 heterocycles. The Kier molecular flexibility index (Phi) is 4.85. The average Bonchev–Trinajstić information content (AvgIpc) is 2.18. The van der Waals surface area contributed by atoms with Gasteiger partial charge in [-0.2, -0.15) is 0 Å². The molecule has 5 heteroatoms. The average molecular weight is 248 g/mol. The molecule has 1 aromatic heterocycles. The lowest BCUT2D eigenvalue weighted by Crippen LogP contribution is -2.08. The van der Waals surface area contributed by atoms with Crippen LogP contribution in [0.5, 0.6) is 0 Å². The number of hydrogen-bond donors (Lipinski definition) is 0. The summed E-state index contributed by atoms with van der Waals surface area (Å²) in [5.41, 5.74) is 0.136. The van der Waals surface area contributed by atoms with Crippen molar-refractivity contribution in [1.29, 1.82) is 0 Å². The summed E-state index contributed by atoms with van der Waals surface area (Å²) in [6.45, 7) is 2.38. The highest BCUT2D eigenvalue weighted by Crippen LogP contribution is 2.22. The number of aromatic nitrogens is 1. The van der Waals surface area contributed by atoms with Gasteiger partial charge in [-0.1, -0.05) is 36.5 Å². The molecule has 0 saturated carbocycles. The van der Waals surface area contributed by atoms with Crippen molar-refractivity contribution >= 4 is 29.2 Å². The standard InChI is InChI=1S/C10H11Cl2NO2/c1-2-3-6-15-10(14)8-7(11)4-5-13-9(8)12/h4-5H,2-3,6H2,1H3. The Bertz CT molecular complexity index is 335. The number of ether oxygens (including phenoxy) is 1. The van der Waals surface area contributed by atoms with Gasteiger partial charge >= 0.3 is 5.97 Å². The zero-order valence-corrected chi connectivity index (χ0v) is 9.81. The minimum atomic E-state index is -0.522. The van der Waals surface area contributed by atoms with E-state index in [2.05, 4.69) is 4.98 Å². The third kappa shape index (κ3) is 3.36. The van der Waals surface area contributed by atoms with Gasteiger partial charge in [0, 0.05) is 6.20 Å². The zero-order valence-electron chi connectivity index (χ0n) is 8.30. The molecule has 0 aliphatic carbocycles. The summed E-state index contributed by atoms with van der Waals surface area (Å²) in [4.78, 5) is 15.3. The van der Waals surface area contributed by atoms with E-state index in [-0.39, 0.29) is 15.7 Å². The number of unbranched alkanes of at least 4 members (excludes halogenated alkanes) is 1. The number of halogens is 2. The van der Waals surface area contributed by atoms with E-state index < -0.39 is 5.97 Å². The number of hydrogen-bond acceptors (Lipinski definition) is 3. The predicted octanol–water partition coefficient (Wildman–Crippen LogP) is 3.35. The summed E-state index contributed by atoms with van der Waals surface area (Å²) >= 11 is 11.6. The van der Waals surface area contributed by atoms with Crippen molar-refractivity contribution in [2.75, 3.05) is 6.61 Å². The maximum atomic E-state index is 11.5. The first-order valence-corrected chi connectivity index (χ1v) is 5.39. The van der Waals surface area contributed by atoms with Gasteiger partial charge in [-0.15, -0.1) is 0 Å². The van der Waals surface area contributed by atoms with Gasteiger partial charge in [0.2, 0.25) is 0 Å². The summed E-state index contributed by atoms with van der Waals surface area (Å²) < 4.78 is 4.98. The van der Waals surface area contributed by atoms with Crippen molar-refractivity contribution in [3.63, 3.8) is 0 Å². The van der Waals surface area contributed by atoms with Gasteiger partial charge in [0.1, 0.15) is 10.7 Å². The summed E-state index contributed by atoms with van der Waals surface area (Å²) in [5, 5.41) is 0.334. The van der Waals surface area contributed by atoms with Crippen LogP contribution in [0.1, 0.15) is 30.1 Å². The second-order valence-electron chi connectivity index (χ2n) is 2.95. The van der Waals surface area contributed by atoms with Crippen molar-refractivity contribution in [3.05, 3.63) is 28.0 Å². The first-order valence-electron chi connectivity index (χ1n) is 4.64. The fraction of sp³-hybridized carbons (Fsp3) is 0.400. The van der Waals surface area contributed by atoms with E-state index in [1.54, 1.807) is 0 Å². The highest BCUT2D eigenvalue weighted by Gasteiger charge is 2.16. The number of rotatable bonds is 4. The highest BCUT2D eigenvalue weighted by molar-refractivity contribution is 6.38. The molecule has 0 unspecified atom stereocenters. The molecule has 0 atom stereocenters. The number of carbonyl (C=O) groups excluding carboxylic acids is 1. The fourth-order valence-electron chi connectivity index (χ4n) is 0.978. The zero-order chi connectivity index (χ0) is 11.3. The lowest BCUT2D eigenvalue weighted by molar-refractivity contribution is 0.0499. The van der Waals surface area contributed by atoms with Gasteiger partial charge in [0.15, 0.2) is 0 Å². The summed E-state index contributed by atoms with van der Waals surface area (Å²) in [5.74, 6) is -0.522. The van der Waals surface area contributed by atoms with Crippen LogP contribution >= 0.6 is 23.2 Å². The van der Waals surface area contributed by atoms with Crippen LogP contribution in [0.25, 0.3) is 0 Å². The molecule has 1 aromatic rings. The van der Waals surface area contributed by atoms with Gasteiger partial charge in [0.25, 0.3) is 0 Å². The Morgan fingerprint density at radius 1 is 1.53 bits per heavy atom. The van der Waals surface area contributed by atoms with Crippen LogP contribution in [0.4, 0.5) is 0 Å². The SMILES string of the molecule is CCCCOC(=O)c1c(Cl)ccnc1Cl. The van der Waals surface area contributed by atoms with E-state index in [9.17, 15) is 4.79 Å². The van der Waals surface area contributed by atoms with E-state index >= 15 is 0 Å². The Balaban J connectivity index is 2.73. The van der Waals surface area contributed by atoms with Gasteiger partial charge in [-0.3, -0.25) is 0 Å². The van der Waals surface area contributed by atoms with E-state index in [1.807, 2.05) is 6.92 Å². The van der Waals surface area contributed by atoms with E-state index in [4.69, 9.17) is 27.9 Å². The van der Waals surface area contributed by atoms with Crippen molar-refractivity contribution in [2.24, 2.45) is 0 Å². The van der Waals surface area contributed by atoms with E-state index in [1.165, 1.54) is 12.3 Å². The molecule has 15 heavy (non-hydrogen) atoms. The minimum Gasteiger partial charge on any atom is -0.462 e. The fourth-order valence-corrected chi connectivity index (χ4v) is 1.48. The molecule has 1 rings (SSSR count). The maximum Gasteiger partial charge on any atom is 0.342 e. The second-order valence-corrected chi connectivity index (χ2v) is 3.71. The molecular formula is C10H11Cl2NO2. The second kappa shape index (κ2) is 5.93. The molecule has 3 nitrogen and oxygen atoms in total. The number of carbonyl (C=O) groups is 1. The predicted molar refractivity (Wildman–Crippen MR) is 59.4 cm³/mol. The summed E-state index contributed by atoms with van der Waals surface area (Å²) in [7, 11) is 0. The first-order chi connectivity index (χ1) is 7.16. The molecule has 0 N–H and O–H groups in total. The van der Waals surface area contributed by atoms with Crippen molar-refractivity contribution in [1.82, 2.24) is 4.98 Å². The van der Waals surface area contributed by atoms with Crippen LogP contribution in [0.15, 0.2) is 12.3 Å². The molecule has 0 aliphatic rings. The molecule has 0 radical (unpaired) electrons. The molecular weight excluding hydrogens is 237 g/mol. The topological polar surface area (TPSA) is 39.2 Å². The highest BCUT2D eigenvalue weighted by atomic mass is 35.5. The Labute approximate surface area is 98.4 Å². The van der Waals surface area contributed by atoms with Crippen LogP contribution < -0.4 is 0 Å². The lowest BCUT2D eigenvalue weighted by atomic mass is 10.3. The van der Waals surface area contributed by atoms with Crippen molar-refractivity contribution in [3.8, 4) is 0 Å². The third-order valence-electron chi connectivity index (χ3n) is 1.79. The summed E-state index contributed by atoms with van der Waals surface area (Å²) in [6.07, 6.45) is 3.22. The van der Waals surface area contributed by atoms with Crippen LogP contribution in [0, 0.1) is 0 Å². The molecule has 0 bridgehead atoms. The monoisotopic (exact) mass is 247 g/mol. The molecule has 82 valence electrons. The lowest BCUT2D eigenvalue weighted by Gasteiger charge is -2.06. The van der Waals surface area contributed by atoms with Gasteiger partial charge in [-0.25, -0.2) is 9.78 Å².